The Balaban J connectivity index is 2.04. The van der Waals surface area contributed by atoms with Gasteiger partial charge in [-0.15, -0.1) is 0 Å². The number of hydrogen-bond donors (Lipinski definition) is 4. The maximum absolute atomic E-state index is 9.68. The third-order valence-corrected chi connectivity index (χ3v) is 2.52. The fraction of sp³-hybridized carbons (Fsp3) is 0.273. The molecule has 0 saturated carbocycles. The molecule has 0 bridgehead atoms. The molecule has 1 atom stereocenters. The molecule has 0 aliphatic rings. The second kappa shape index (κ2) is 4.84. The van der Waals surface area contributed by atoms with Crippen molar-refractivity contribution in [2.45, 2.75) is 19.5 Å². The molecule has 17 heavy (non-hydrogen) atoms. The van der Waals surface area contributed by atoms with E-state index in [1.807, 2.05) is 6.92 Å². The predicted molar refractivity (Wildman–Crippen MR) is 61.4 cm³/mol. The first-order valence-electron chi connectivity index (χ1n) is 5.26. The van der Waals surface area contributed by atoms with E-state index < -0.39 is 0 Å². The number of nitrogens with one attached hydrogen (secondary N) is 2. The van der Waals surface area contributed by atoms with E-state index in [0.717, 1.165) is 5.82 Å². The molecule has 0 fully saturated rings. The normalized spacial score (nSPS) is 12.5. The van der Waals surface area contributed by atoms with E-state index in [-0.39, 0.29) is 17.5 Å². The van der Waals surface area contributed by atoms with E-state index in [0.29, 0.717) is 12.1 Å². The van der Waals surface area contributed by atoms with E-state index in [9.17, 15) is 10.2 Å². The van der Waals surface area contributed by atoms with Crippen molar-refractivity contribution in [1.82, 2.24) is 20.5 Å². The van der Waals surface area contributed by atoms with Crippen LogP contribution in [0.3, 0.4) is 0 Å². The highest BCUT2D eigenvalue weighted by atomic mass is 16.3. The fourth-order valence-corrected chi connectivity index (χ4v) is 1.56. The van der Waals surface area contributed by atoms with Gasteiger partial charge in [-0.25, -0.2) is 4.98 Å². The zero-order valence-corrected chi connectivity index (χ0v) is 9.38. The first kappa shape index (κ1) is 11.4. The second-order valence-corrected chi connectivity index (χ2v) is 3.78. The molecule has 0 aliphatic carbocycles. The van der Waals surface area contributed by atoms with Crippen LogP contribution in [0.2, 0.25) is 0 Å². The molecule has 4 N–H and O–H groups in total. The lowest BCUT2D eigenvalue weighted by Crippen LogP contribution is -2.19. The second-order valence-electron chi connectivity index (χ2n) is 3.78. The summed E-state index contributed by atoms with van der Waals surface area (Å²) in [5.74, 6) is 1.00. The zero-order chi connectivity index (χ0) is 12.3. The topological polar surface area (TPSA) is 94.1 Å². The van der Waals surface area contributed by atoms with Gasteiger partial charge in [-0.05, 0) is 25.1 Å². The number of hydrogen-bond acceptors (Lipinski definition) is 5. The van der Waals surface area contributed by atoms with E-state index in [4.69, 9.17) is 0 Å². The van der Waals surface area contributed by atoms with Crippen molar-refractivity contribution in [1.29, 1.82) is 0 Å². The highest BCUT2D eigenvalue weighted by Crippen LogP contribution is 2.27. The quantitative estimate of drug-likeness (QED) is 0.594. The van der Waals surface area contributed by atoms with Crippen molar-refractivity contribution < 1.29 is 10.2 Å². The van der Waals surface area contributed by atoms with Crippen molar-refractivity contribution in [3.05, 3.63) is 35.9 Å². The molecular formula is C11H14N4O2. The highest BCUT2D eigenvalue weighted by molar-refractivity contribution is 5.40. The third kappa shape index (κ3) is 2.73. The van der Waals surface area contributed by atoms with Crippen LogP contribution < -0.4 is 5.32 Å². The van der Waals surface area contributed by atoms with Crippen LogP contribution in [0.4, 0.5) is 0 Å². The van der Waals surface area contributed by atoms with Crippen molar-refractivity contribution in [2.75, 3.05) is 0 Å². The van der Waals surface area contributed by atoms with Gasteiger partial charge in [0.2, 0.25) is 0 Å². The molecule has 0 radical (unpaired) electrons. The van der Waals surface area contributed by atoms with Gasteiger partial charge in [0.25, 0.3) is 0 Å². The molecule has 1 aromatic carbocycles. The Bertz CT molecular complexity index is 484. The van der Waals surface area contributed by atoms with Gasteiger partial charge in [-0.2, -0.15) is 5.10 Å². The maximum atomic E-state index is 9.68. The van der Waals surface area contributed by atoms with Gasteiger partial charge in [0.15, 0.2) is 0 Å². The molecule has 2 rings (SSSR count). The van der Waals surface area contributed by atoms with Crippen molar-refractivity contribution >= 4 is 0 Å². The Labute approximate surface area is 98.3 Å². The van der Waals surface area contributed by atoms with Crippen molar-refractivity contribution in [3.8, 4) is 11.5 Å². The molecule has 1 heterocycles. The standard InChI is InChI=1S/C11H14N4O2/c1-7(12-5-11-13-6-14-15-11)9-4-8(16)2-3-10(9)17/h2-4,6-7,12,16-17H,5H2,1H3,(H,13,14,15). The van der Waals surface area contributed by atoms with Gasteiger partial charge in [-0.1, -0.05) is 0 Å². The number of phenolic OH excluding ortho intramolecular Hbond substituents is 2. The van der Waals surface area contributed by atoms with Crippen LogP contribution in [0.1, 0.15) is 24.4 Å². The minimum absolute atomic E-state index is 0.104. The SMILES string of the molecule is CC(NCc1ncn[nH]1)c1cc(O)ccc1O. The molecular weight excluding hydrogens is 220 g/mol. The molecule has 0 aliphatic heterocycles. The minimum Gasteiger partial charge on any atom is -0.508 e. The molecule has 0 amide bonds. The first-order chi connectivity index (χ1) is 8.16. The van der Waals surface area contributed by atoms with Crippen molar-refractivity contribution in [3.63, 3.8) is 0 Å². The molecule has 2 aromatic rings. The van der Waals surface area contributed by atoms with Gasteiger partial charge < -0.3 is 15.5 Å². The van der Waals surface area contributed by atoms with Gasteiger partial charge in [0.05, 0.1) is 6.54 Å². The molecule has 1 aromatic heterocycles. The monoisotopic (exact) mass is 234 g/mol. The lowest BCUT2D eigenvalue weighted by atomic mass is 10.1. The summed E-state index contributed by atoms with van der Waals surface area (Å²) >= 11 is 0. The number of aromatic amines is 1. The van der Waals surface area contributed by atoms with Crippen molar-refractivity contribution in [2.24, 2.45) is 0 Å². The fourth-order valence-electron chi connectivity index (χ4n) is 1.56. The van der Waals surface area contributed by atoms with E-state index in [1.165, 1.54) is 24.5 Å². The highest BCUT2D eigenvalue weighted by Gasteiger charge is 2.11. The number of H-pyrrole nitrogens is 1. The Morgan fingerprint density at radius 3 is 2.94 bits per heavy atom. The third-order valence-electron chi connectivity index (χ3n) is 2.52. The summed E-state index contributed by atoms with van der Waals surface area (Å²) in [6, 6.07) is 4.35. The van der Waals surface area contributed by atoms with E-state index in [1.54, 1.807) is 0 Å². The van der Waals surface area contributed by atoms with Gasteiger partial charge in [0.1, 0.15) is 23.7 Å². The summed E-state index contributed by atoms with van der Waals surface area (Å²) in [6.07, 6.45) is 1.44. The Kier molecular flexibility index (Phi) is 3.24. The molecule has 6 heteroatoms. The Morgan fingerprint density at radius 2 is 2.24 bits per heavy atom. The Hall–Kier alpha value is -2.08. The summed E-state index contributed by atoms with van der Waals surface area (Å²) in [5, 5.41) is 28.7. The number of aromatic hydroxyl groups is 2. The first-order valence-corrected chi connectivity index (χ1v) is 5.26. The summed E-state index contributed by atoms with van der Waals surface area (Å²) in [5.41, 5.74) is 0.643. The summed E-state index contributed by atoms with van der Waals surface area (Å²) in [4.78, 5) is 3.98. The number of rotatable bonds is 4. The molecule has 0 saturated heterocycles. The Morgan fingerprint density at radius 1 is 1.41 bits per heavy atom. The number of nitrogens with zero attached hydrogens (tertiary/aromatic N) is 2. The number of phenols is 2. The molecule has 0 spiro atoms. The zero-order valence-electron chi connectivity index (χ0n) is 9.38. The van der Waals surface area contributed by atoms with E-state index in [2.05, 4.69) is 20.5 Å². The van der Waals surface area contributed by atoms with Gasteiger partial charge in [0, 0.05) is 11.6 Å². The number of aromatic nitrogens is 3. The minimum atomic E-state index is -0.104. The lowest BCUT2D eigenvalue weighted by Gasteiger charge is -2.14. The maximum Gasteiger partial charge on any atom is 0.138 e. The van der Waals surface area contributed by atoms with Crippen LogP contribution in [0.25, 0.3) is 0 Å². The lowest BCUT2D eigenvalue weighted by molar-refractivity contribution is 0.439. The summed E-state index contributed by atoms with van der Waals surface area (Å²) in [6.45, 7) is 2.40. The average molecular weight is 234 g/mol. The molecule has 1 unspecified atom stereocenters. The van der Waals surface area contributed by atoms with Crippen LogP contribution in [0.15, 0.2) is 24.5 Å². The molecule has 90 valence electrons. The largest absolute Gasteiger partial charge is 0.508 e. The van der Waals surface area contributed by atoms with Crippen LogP contribution >= 0.6 is 0 Å². The van der Waals surface area contributed by atoms with E-state index >= 15 is 0 Å². The average Bonchev–Trinajstić information content (AvgIpc) is 2.82. The number of benzene rings is 1. The van der Waals surface area contributed by atoms with Crippen LogP contribution in [-0.2, 0) is 6.54 Å². The molecule has 6 nitrogen and oxygen atoms in total. The predicted octanol–water partition coefficient (Wildman–Crippen LogP) is 1.07. The summed E-state index contributed by atoms with van der Waals surface area (Å²) in [7, 11) is 0. The van der Waals surface area contributed by atoms with Gasteiger partial charge in [-0.3, -0.25) is 5.10 Å². The summed E-state index contributed by atoms with van der Waals surface area (Å²) < 4.78 is 0. The van der Waals surface area contributed by atoms with Crippen LogP contribution in [0.5, 0.6) is 11.5 Å². The van der Waals surface area contributed by atoms with Crippen LogP contribution in [-0.4, -0.2) is 25.4 Å². The van der Waals surface area contributed by atoms with Gasteiger partial charge >= 0.3 is 0 Å². The smallest absolute Gasteiger partial charge is 0.138 e. The van der Waals surface area contributed by atoms with Crippen LogP contribution in [0, 0.1) is 0 Å².